The Hall–Kier alpha value is -1.15. The summed E-state index contributed by atoms with van der Waals surface area (Å²) >= 11 is 1.70. The SMILES string of the molecule is CN=C(NCCc1csc(C)n1)NCC(C)(C)c1ccccc1.I. The second-order valence-electron chi connectivity index (χ2n) is 6.21. The van der Waals surface area contributed by atoms with Crippen LogP contribution in [0.4, 0.5) is 0 Å². The maximum Gasteiger partial charge on any atom is 0.191 e. The molecule has 6 heteroatoms. The van der Waals surface area contributed by atoms with Crippen LogP contribution in [0.15, 0.2) is 40.7 Å². The first-order valence-electron chi connectivity index (χ1n) is 7.92. The van der Waals surface area contributed by atoms with Crippen LogP contribution in [0.5, 0.6) is 0 Å². The molecule has 0 fully saturated rings. The lowest BCUT2D eigenvalue weighted by molar-refractivity contribution is 0.508. The van der Waals surface area contributed by atoms with E-state index in [2.05, 4.69) is 64.1 Å². The molecule has 0 aliphatic rings. The average Bonchev–Trinajstić information content (AvgIpc) is 2.97. The topological polar surface area (TPSA) is 49.3 Å². The lowest BCUT2D eigenvalue weighted by Crippen LogP contribution is -2.44. The van der Waals surface area contributed by atoms with Gasteiger partial charge in [0.25, 0.3) is 0 Å². The van der Waals surface area contributed by atoms with Crippen molar-refractivity contribution >= 4 is 41.3 Å². The molecule has 0 saturated heterocycles. The fourth-order valence-corrected chi connectivity index (χ4v) is 3.00. The van der Waals surface area contributed by atoms with Crippen LogP contribution in [0.2, 0.25) is 0 Å². The van der Waals surface area contributed by atoms with E-state index >= 15 is 0 Å². The molecule has 0 spiro atoms. The van der Waals surface area contributed by atoms with Crippen LogP contribution in [0.25, 0.3) is 0 Å². The maximum atomic E-state index is 4.48. The van der Waals surface area contributed by atoms with Crippen molar-refractivity contribution in [2.75, 3.05) is 20.1 Å². The molecule has 1 aromatic heterocycles. The lowest BCUT2D eigenvalue weighted by Gasteiger charge is -2.26. The van der Waals surface area contributed by atoms with E-state index in [1.54, 1.807) is 18.4 Å². The van der Waals surface area contributed by atoms with Crippen LogP contribution in [0.1, 0.15) is 30.1 Å². The van der Waals surface area contributed by atoms with Gasteiger partial charge in [-0.15, -0.1) is 35.3 Å². The predicted octanol–water partition coefficient (Wildman–Crippen LogP) is 3.75. The first kappa shape index (κ1) is 20.9. The van der Waals surface area contributed by atoms with Gasteiger partial charge in [0.15, 0.2) is 5.96 Å². The Morgan fingerprint density at radius 1 is 1.21 bits per heavy atom. The normalized spacial score (nSPS) is 11.8. The van der Waals surface area contributed by atoms with Gasteiger partial charge in [-0.25, -0.2) is 4.98 Å². The standard InChI is InChI=1S/C18H26N4S.HI/c1-14-22-16(12-23-14)10-11-20-17(19-4)21-13-18(2,3)15-8-6-5-7-9-15;/h5-9,12H,10-11,13H2,1-4H3,(H2,19,20,21);1H. The van der Waals surface area contributed by atoms with E-state index in [9.17, 15) is 0 Å². The molecule has 1 heterocycles. The zero-order valence-corrected chi connectivity index (χ0v) is 17.9. The maximum absolute atomic E-state index is 4.48. The zero-order chi connectivity index (χ0) is 16.7. The third-order valence-corrected chi connectivity index (χ3v) is 4.64. The quantitative estimate of drug-likeness (QED) is 0.394. The van der Waals surface area contributed by atoms with E-state index in [1.165, 1.54) is 5.56 Å². The zero-order valence-electron chi connectivity index (χ0n) is 14.8. The molecule has 24 heavy (non-hydrogen) atoms. The van der Waals surface area contributed by atoms with Gasteiger partial charge >= 0.3 is 0 Å². The number of halogens is 1. The summed E-state index contributed by atoms with van der Waals surface area (Å²) in [5, 5.41) is 10.0. The lowest BCUT2D eigenvalue weighted by atomic mass is 9.85. The summed E-state index contributed by atoms with van der Waals surface area (Å²) in [6, 6.07) is 10.6. The van der Waals surface area contributed by atoms with Crippen LogP contribution < -0.4 is 10.6 Å². The molecular weight excluding hydrogens is 431 g/mol. The number of aryl methyl sites for hydroxylation is 1. The smallest absolute Gasteiger partial charge is 0.191 e. The number of nitrogens with one attached hydrogen (secondary N) is 2. The Morgan fingerprint density at radius 3 is 2.50 bits per heavy atom. The highest BCUT2D eigenvalue weighted by atomic mass is 127. The summed E-state index contributed by atoms with van der Waals surface area (Å²) in [4.78, 5) is 8.77. The molecule has 0 aliphatic heterocycles. The summed E-state index contributed by atoms with van der Waals surface area (Å²) in [6.45, 7) is 8.16. The monoisotopic (exact) mass is 458 g/mol. The molecular formula is C18H27IN4S. The molecule has 4 nitrogen and oxygen atoms in total. The molecule has 2 aromatic rings. The third kappa shape index (κ3) is 6.39. The molecule has 2 N–H and O–H groups in total. The van der Waals surface area contributed by atoms with Crippen LogP contribution in [0.3, 0.4) is 0 Å². The minimum atomic E-state index is 0. The van der Waals surface area contributed by atoms with Crippen LogP contribution in [-0.4, -0.2) is 31.1 Å². The molecule has 0 bridgehead atoms. The summed E-state index contributed by atoms with van der Waals surface area (Å²) in [6.07, 6.45) is 0.910. The van der Waals surface area contributed by atoms with Crippen molar-refractivity contribution in [2.24, 2.45) is 4.99 Å². The molecule has 132 valence electrons. The average molecular weight is 458 g/mol. The Labute approximate surface area is 166 Å². The predicted molar refractivity (Wildman–Crippen MR) is 115 cm³/mol. The van der Waals surface area contributed by atoms with E-state index in [4.69, 9.17) is 0 Å². The third-order valence-electron chi connectivity index (χ3n) is 3.82. The largest absolute Gasteiger partial charge is 0.356 e. The first-order valence-corrected chi connectivity index (χ1v) is 8.80. The van der Waals surface area contributed by atoms with Crippen molar-refractivity contribution in [3.05, 3.63) is 52.0 Å². The highest BCUT2D eigenvalue weighted by Crippen LogP contribution is 2.21. The van der Waals surface area contributed by atoms with Gasteiger partial charge < -0.3 is 10.6 Å². The van der Waals surface area contributed by atoms with E-state index < -0.39 is 0 Å². The van der Waals surface area contributed by atoms with Gasteiger partial charge in [0.2, 0.25) is 0 Å². The number of hydrogen-bond acceptors (Lipinski definition) is 3. The van der Waals surface area contributed by atoms with Crippen LogP contribution in [-0.2, 0) is 11.8 Å². The molecule has 1 aromatic carbocycles. The van der Waals surface area contributed by atoms with Crippen molar-refractivity contribution in [1.82, 2.24) is 15.6 Å². The number of aromatic nitrogens is 1. The first-order chi connectivity index (χ1) is 11.0. The molecule has 0 amide bonds. The number of aliphatic imine (C=N–C) groups is 1. The Balaban J connectivity index is 0.00000288. The summed E-state index contributed by atoms with van der Waals surface area (Å²) in [7, 11) is 1.80. The van der Waals surface area contributed by atoms with Gasteiger partial charge in [0.1, 0.15) is 0 Å². The molecule has 2 rings (SSSR count). The number of guanidine groups is 1. The van der Waals surface area contributed by atoms with Crippen molar-refractivity contribution < 1.29 is 0 Å². The van der Waals surface area contributed by atoms with Gasteiger partial charge in [-0.1, -0.05) is 44.2 Å². The summed E-state index contributed by atoms with van der Waals surface area (Å²) < 4.78 is 0. The fraction of sp³-hybridized carbons (Fsp3) is 0.444. The van der Waals surface area contributed by atoms with Gasteiger partial charge in [0, 0.05) is 37.4 Å². The van der Waals surface area contributed by atoms with Gasteiger partial charge in [0.05, 0.1) is 10.7 Å². The summed E-state index contributed by atoms with van der Waals surface area (Å²) in [5.74, 6) is 0.834. The van der Waals surface area contributed by atoms with Crippen LogP contribution >= 0.6 is 35.3 Å². The van der Waals surface area contributed by atoms with Gasteiger partial charge in [-0.2, -0.15) is 0 Å². The Kier molecular flexibility index (Phi) is 8.69. The number of nitrogens with zero attached hydrogens (tertiary/aromatic N) is 2. The van der Waals surface area contributed by atoms with Crippen molar-refractivity contribution in [3.63, 3.8) is 0 Å². The number of rotatable bonds is 6. The second kappa shape index (κ2) is 9.98. The fourth-order valence-electron chi connectivity index (χ4n) is 2.35. The highest BCUT2D eigenvalue weighted by molar-refractivity contribution is 14.0. The van der Waals surface area contributed by atoms with E-state index in [-0.39, 0.29) is 29.4 Å². The molecule has 0 aliphatic carbocycles. The Bertz CT molecular complexity index is 637. The van der Waals surface area contributed by atoms with Crippen molar-refractivity contribution in [2.45, 2.75) is 32.6 Å². The van der Waals surface area contributed by atoms with Gasteiger partial charge in [-0.3, -0.25) is 4.99 Å². The van der Waals surface area contributed by atoms with Crippen molar-refractivity contribution in [3.8, 4) is 0 Å². The van der Waals surface area contributed by atoms with Gasteiger partial charge in [-0.05, 0) is 12.5 Å². The number of benzene rings is 1. The highest BCUT2D eigenvalue weighted by Gasteiger charge is 2.20. The number of hydrogen-bond donors (Lipinski definition) is 2. The Morgan fingerprint density at radius 2 is 1.92 bits per heavy atom. The van der Waals surface area contributed by atoms with Crippen LogP contribution in [0, 0.1) is 6.92 Å². The minimum absolute atomic E-state index is 0. The molecule has 0 saturated carbocycles. The minimum Gasteiger partial charge on any atom is -0.356 e. The summed E-state index contributed by atoms with van der Waals surface area (Å²) in [5.41, 5.74) is 2.51. The molecule has 0 atom stereocenters. The molecule has 0 unspecified atom stereocenters. The van der Waals surface area contributed by atoms with E-state index in [1.807, 2.05) is 13.0 Å². The second-order valence-corrected chi connectivity index (χ2v) is 7.27. The van der Waals surface area contributed by atoms with Crippen molar-refractivity contribution in [1.29, 1.82) is 0 Å². The number of thiazole rings is 1. The van der Waals surface area contributed by atoms with E-state index in [0.29, 0.717) is 0 Å². The van der Waals surface area contributed by atoms with E-state index in [0.717, 1.165) is 36.2 Å². The molecule has 0 radical (unpaired) electrons.